The van der Waals surface area contributed by atoms with Crippen LogP contribution in [-0.2, 0) is 11.8 Å². The molecule has 0 aromatic carbocycles. The Morgan fingerprint density at radius 1 is 1.53 bits per heavy atom. The van der Waals surface area contributed by atoms with Crippen molar-refractivity contribution in [2.45, 2.75) is 32.2 Å². The van der Waals surface area contributed by atoms with E-state index >= 15 is 0 Å². The topological polar surface area (TPSA) is 71.3 Å². The highest BCUT2D eigenvalue weighted by molar-refractivity contribution is 5.93. The predicted octanol–water partition coefficient (Wildman–Crippen LogP) is 1.40. The van der Waals surface area contributed by atoms with Gasteiger partial charge in [-0.05, 0) is 18.6 Å². The molecule has 1 rings (SSSR count). The molecule has 2 N–H and O–H groups in total. The standard InChI is InChI=1S/C12H18N2O3/c1-3-5-9(8-11(15)16)13-12(17)10-6-4-7-14(10)2/h4,6-7,9H,3,5,8H2,1-2H3,(H,13,17)(H,15,16). The van der Waals surface area contributed by atoms with E-state index in [0.29, 0.717) is 12.1 Å². The molecule has 94 valence electrons. The van der Waals surface area contributed by atoms with E-state index in [2.05, 4.69) is 5.32 Å². The van der Waals surface area contributed by atoms with Crippen LogP contribution in [0.5, 0.6) is 0 Å². The summed E-state index contributed by atoms with van der Waals surface area (Å²) in [6, 6.07) is 3.18. The number of aryl methyl sites for hydroxylation is 1. The molecule has 0 aliphatic carbocycles. The van der Waals surface area contributed by atoms with Crippen LogP contribution in [0.1, 0.15) is 36.7 Å². The molecule has 1 aromatic heterocycles. The number of hydrogen-bond acceptors (Lipinski definition) is 2. The number of rotatable bonds is 6. The van der Waals surface area contributed by atoms with Crippen LogP contribution in [0.2, 0.25) is 0 Å². The molecule has 0 bridgehead atoms. The van der Waals surface area contributed by atoms with Crippen molar-refractivity contribution >= 4 is 11.9 Å². The van der Waals surface area contributed by atoms with Crippen molar-refractivity contribution in [1.29, 1.82) is 0 Å². The summed E-state index contributed by atoms with van der Waals surface area (Å²) < 4.78 is 1.71. The van der Waals surface area contributed by atoms with Crippen molar-refractivity contribution in [1.82, 2.24) is 9.88 Å². The lowest BCUT2D eigenvalue weighted by Gasteiger charge is -2.16. The normalized spacial score (nSPS) is 12.1. The van der Waals surface area contributed by atoms with Gasteiger partial charge in [-0.2, -0.15) is 0 Å². The number of aromatic nitrogens is 1. The summed E-state index contributed by atoms with van der Waals surface area (Å²) in [6.07, 6.45) is 3.25. The van der Waals surface area contributed by atoms with E-state index in [4.69, 9.17) is 5.11 Å². The molecular weight excluding hydrogens is 220 g/mol. The number of nitrogens with zero attached hydrogens (tertiary/aromatic N) is 1. The molecule has 0 saturated heterocycles. The van der Waals surface area contributed by atoms with Gasteiger partial charge < -0.3 is 15.0 Å². The number of amides is 1. The fourth-order valence-electron chi connectivity index (χ4n) is 1.74. The molecule has 5 nitrogen and oxygen atoms in total. The maximum atomic E-state index is 11.9. The van der Waals surface area contributed by atoms with E-state index in [1.165, 1.54) is 0 Å². The van der Waals surface area contributed by atoms with Crippen LogP contribution in [0.3, 0.4) is 0 Å². The van der Waals surface area contributed by atoms with E-state index in [1.54, 1.807) is 29.9 Å². The molecule has 5 heteroatoms. The highest BCUT2D eigenvalue weighted by atomic mass is 16.4. The molecule has 1 atom stereocenters. The minimum absolute atomic E-state index is 0.0377. The van der Waals surface area contributed by atoms with Crippen molar-refractivity contribution in [2.75, 3.05) is 0 Å². The van der Waals surface area contributed by atoms with Gasteiger partial charge in [0, 0.05) is 19.3 Å². The second-order valence-corrected chi connectivity index (χ2v) is 4.06. The fourth-order valence-corrected chi connectivity index (χ4v) is 1.74. The van der Waals surface area contributed by atoms with Crippen LogP contribution < -0.4 is 5.32 Å². The van der Waals surface area contributed by atoms with Gasteiger partial charge in [-0.3, -0.25) is 9.59 Å². The maximum Gasteiger partial charge on any atom is 0.305 e. The third-order valence-electron chi connectivity index (χ3n) is 2.57. The van der Waals surface area contributed by atoms with Crippen LogP contribution in [0, 0.1) is 0 Å². The minimum Gasteiger partial charge on any atom is -0.481 e. The van der Waals surface area contributed by atoms with Gasteiger partial charge in [0.25, 0.3) is 5.91 Å². The van der Waals surface area contributed by atoms with E-state index < -0.39 is 5.97 Å². The van der Waals surface area contributed by atoms with Crippen LogP contribution >= 0.6 is 0 Å². The summed E-state index contributed by atoms with van der Waals surface area (Å²) in [4.78, 5) is 22.5. The van der Waals surface area contributed by atoms with Gasteiger partial charge in [0.05, 0.1) is 6.42 Å². The van der Waals surface area contributed by atoms with Crippen LogP contribution in [-0.4, -0.2) is 27.6 Å². The largest absolute Gasteiger partial charge is 0.481 e. The quantitative estimate of drug-likeness (QED) is 0.786. The molecule has 0 fully saturated rings. The third-order valence-corrected chi connectivity index (χ3v) is 2.57. The summed E-state index contributed by atoms with van der Waals surface area (Å²) in [5.74, 6) is -1.12. The molecule has 17 heavy (non-hydrogen) atoms. The van der Waals surface area contributed by atoms with Gasteiger partial charge in [-0.15, -0.1) is 0 Å². The third kappa shape index (κ3) is 3.94. The fraction of sp³-hybridized carbons (Fsp3) is 0.500. The summed E-state index contributed by atoms with van der Waals surface area (Å²) in [7, 11) is 1.78. The summed E-state index contributed by atoms with van der Waals surface area (Å²) in [5, 5.41) is 11.5. The lowest BCUT2D eigenvalue weighted by atomic mass is 10.1. The van der Waals surface area contributed by atoms with Crippen molar-refractivity contribution in [3.05, 3.63) is 24.0 Å². The Bertz CT molecular complexity index is 398. The Hall–Kier alpha value is -1.78. The predicted molar refractivity (Wildman–Crippen MR) is 63.8 cm³/mol. The second kappa shape index (κ2) is 6.08. The Kier molecular flexibility index (Phi) is 4.75. The van der Waals surface area contributed by atoms with Gasteiger partial charge in [0.15, 0.2) is 0 Å². The summed E-state index contributed by atoms with van der Waals surface area (Å²) >= 11 is 0. The monoisotopic (exact) mass is 238 g/mol. The van der Waals surface area contributed by atoms with E-state index in [-0.39, 0.29) is 18.4 Å². The maximum absolute atomic E-state index is 11.9. The molecule has 0 spiro atoms. The minimum atomic E-state index is -0.893. The van der Waals surface area contributed by atoms with Crippen molar-refractivity contribution in [3.63, 3.8) is 0 Å². The van der Waals surface area contributed by atoms with Gasteiger partial charge >= 0.3 is 5.97 Å². The van der Waals surface area contributed by atoms with E-state index in [0.717, 1.165) is 6.42 Å². The Balaban J connectivity index is 2.64. The molecule has 0 aliphatic heterocycles. The first kappa shape index (κ1) is 13.3. The van der Waals surface area contributed by atoms with Crippen LogP contribution in [0.25, 0.3) is 0 Å². The molecule has 0 aliphatic rings. The van der Waals surface area contributed by atoms with E-state index in [9.17, 15) is 9.59 Å². The highest BCUT2D eigenvalue weighted by Gasteiger charge is 2.17. The molecule has 0 saturated carbocycles. The molecule has 1 unspecified atom stereocenters. The number of nitrogens with one attached hydrogen (secondary N) is 1. The van der Waals surface area contributed by atoms with Gasteiger partial charge in [0.1, 0.15) is 5.69 Å². The molecular formula is C12H18N2O3. The number of carboxylic acids is 1. The average molecular weight is 238 g/mol. The molecule has 1 aromatic rings. The first-order valence-electron chi connectivity index (χ1n) is 5.68. The molecule has 1 heterocycles. The van der Waals surface area contributed by atoms with Crippen LogP contribution in [0.4, 0.5) is 0 Å². The second-order valence-electron chi connectivity index (χ2n) is 4.06. The van der Waals surface area contributed by atoms with E-state index in [1.807, 2.05) is 6.92 Å². The number of carbonyl (C=O) groups excluding carboxylic acids is 1. The summed E-state index contributed by atoms with van der Waals surface area (Å²) in [5.41, 5.74) is 0.538. The highest BCUT2D eigenvalue weighted by Crippen LogP contribution is 2.05. The Morgan fingerprint density at radius 2 is 2.24 bits per heavy atom. The first-order valence-corrected chi connectivity index (χ1v) is 5.68. The number of hydrogen-bond donors (Lipinski definition) is 2. The summed E-state index contributed by atoms with van der Waals surface area (Å²) in [6.45, 7) is 1.96. The number of carbonyl (C=O) groups is 2. The average Bonchev–Trinajstić information content (AvgIpc) is 2.63. The van der Waals surface area contributed by atoms with Gasteiger partial charge in [-0.25, -0.2) is 0 Å². The molecule has 0 radical (unpaired) electrons. The first-order chi connectivity index (χ1) is 8.04. The lowest BCUT2D eigenvalue weighted by molar-refractivity contribution is -0.137. The number of aliphatic carboxylic acids is 1. The zero-order valence-corrected chi connectivity index (χ0v) is 10.1. The molecule has 1 amide bonds. The zero-order valence-electron chi connectivity index (χ0n) is 10.1. The smallest absolute Gasteiger partial charge is 0.305 e. The van der Waals surface area contributed by atoms with Crippen LogP contribution in [0.15, 0.2) is 18.3 Å². The SMILES string of the molecule is CCCC(CC(=O)O)NC(=O)c1cccn1C. The van der Waals surface area contributed by atoms with Gasteiger partial charge in [-0.1, -0.05) is 13.3 Å². The van der Waals surface area contributed by atoms with Crippen molar-refractivity contribution in [2.24, 2.45) is 7.05 Å². The van der Waals surface area contributed by atoms with Gasteiger partial charge in [0.2, 0.25) is 0 Å². The number of carboxylic acid groups (broad SMARTS) is 1. The van der Waals surface area contributed by atoms with Crippen molar-refractivity contribution in [3.8, 4) is 0 Å². The zero-order chi connectivity index (χ0) is 12.8. The lowest BCUT2D eigenvalue weighted by Crippen LogP contribution is -2.37. The Labute approximate surface area is 100 Å². The van der Waals surface area contributed by atoms with Crippen molar-refractivity contribution < 1.29 is 14.7 Å². The Morgan fingerprint density at radius 3 is 2.71 bits per heavy atom.